The Morgan fingerprint density at radius 1 is 1.30 bits per heavy atom. The maximum Gasteiger partial charge on any atom is 0.237 e. The molecule has 3 N–H and O–H groups in total. The van der Waals surface area contributed by atoms with E-state index < -0.39 is 6.04 Å². The molecule has 1 unspecified atom stereocenters. The lowest BCUT2D eigenvalue weighted by Crippen LogP contribution is -2.42. The van der Waals surface area contributed by atoms with Crippen LogP contribution >= 0.6 is 0 Å². The monoisotopic (exact) mass is 278 g/mol. The molecule has 0 radical (unpaired) electrons. The molecule has 20 heavy (non-hydrogen) atoms. The summed E-state index contributed by atoms with van der Waals surface area (Å²) < 4.78 is 5.14. The highest BCUT2D eigenvalue weighted by Gasteiger charge is 2.17. The third kappa shape index (κ3) is 4.85. The SMILES string of the molecule is CCCC[C@H](N)C(=O)NC(CC)c1ccc(OC)cc1. The topological polar surface area (TPSA) is 64.4 Å². The third-order valence-electron chi connectivity index (χ3n) is 3.45. The van der Waals surface area contributed by atoms with Crippen molar-refractivity contribution >= 4 is 5.91 Å². The fourth-order valence-corrected chi connectivity index (χ4v) is 2.09. The van der Waals surface area contributed by atoms with E-state index in [0.29, 0.717) is 0 Å². The van der Waals surface area contributed by atoms with E-state index in [1.807, 2.05) is 31.2 Å². The minimum Gasteiger partial charge on any atom is -0.497 e. The number of methoxy groups -OCH3 is 1. The number of ether oxygens (including phenoxy) is 1. The molecule has 1 amide bonds. The maximum absolute atomic E-state index is 12.1. The van der Waals surface area contributed by atoms with Crippen molar-refractivity contribution in [2.75, 3.05) is 7.11 Å². The van der Waals surface area contributed by atoms with Gasteiger partial charge in [-0.25, -0.2) is 0 Å². The predicted molar refractivity (Wildman–Crippen MR) is 81.7 cm³/mol. The zero-order valence-corrected chi connectivity index (χ0v) is 12.7. The van der Waals surface area contributed by atoms with Crippen LogP contribution in [0.2, 0.25) is 0 Å². The van der Waals surface area contributed by atoms with E-state index in [1.54, 1.807) is 7.11 Å². The Morgan fingerprint density at radius 2 is 1.95 bits per heavy atom. The second-order valence-corrected chi connectivity index (χ2v) is 4.99. The lowest BCUT2D eigenvalue weighted by molar-refractivity contribution is -0.123. The van der Waals surface area contributed by atoms with E-state index in [4.69, 9.17) is 10.5 Å². The van der Waals surface area contributed by atoms with E-state index in [9.17, 15) is 4.79 Å². The van der Waals surface area contributed by atoms with Crippen LogP contribution in [-0.4, -0.2) is 19.1 Å². The van der Waals surface area contributed by atoms with Crippen LogP contribution in [0.1, 0.15) is 51.1 Å². The quantitative estimate of drug-likeness (QED) is 0.768. The van der Waals surface area contributed by atoms with Gasteiger partial charge in [0.15, 0.2) is 0 Å². The summed E-state index contributed by atoms with van der Waals surface area (Å²) >= 11 is 0. The molecule has 0 saturated carbocycles. The highest BCUT2D eigenvalue weighted by molar-refractivity contribution is 5.81. The number of nitrogens with one attached hydrogen (secondary N) is 1. The Bertz CT molecular complexity index is 403. The van der Waals surface area contributed by atoms with Crippen LogP contribution in [0.25, 0.3) is 0 Å². The molecule has 112 valence electrons. The van der Waals surface area contributed by atoms with Gasteiger partial charge < -0.3 is 15.8 Å². The fourth-order valence-electron chi connectivity index (χ4n) is 2.09. The van der Waals surface area contributed by atoms with Gasteiger partial charge >= 0.3 is 0 Å². The number of hydrogen-bond acceptors (Lipinski definition) is 3. The van der Waals surface area contributed by atoms with E-state index in [0.717, 1.165) is 37.0 Å². The molecule has 1 rings (SSSR count). The molecule has 0 saturated heterocycles. The van der Waals surface area contributed by atoms with Gasteiger partial charge in [-0.15, -0.1) is 0 Å². The number of rotatable bonds is 8. The summed E-state index contributed by atoms with van der Waals surface area (Å²) in [5, 5.41) is 3.02. The average Bonchev–Trinajstić information content (AvgIpc) is 2.50. The standard InChI is InChI=1S/C16H26N2O2/c1-4-6-7-14(17)16(19)18-15(5-2)12-8-10-13(20-3)11-9-12/h8-11,14-15H,4-7,17H2,1-3H3,(H,18,19)/t14-,15?/m0/s1. The Morgan fingerprint density at radius 3 is 2.45 bits per heavy atom. The van der Waals surface area contributed by atoms with Gasteiger partial charge in [-0.3, -0.25) is 4.79 Å². The van der Waals surface area contributed by atoms with Crippen LogP contribution in [0.15, 0.2) is 24.3 Å². The molecule has 0 bridgehead atoms. The second-order valence-electron chi connectivity index (χ2n) is 4.99. The van der Waals surface area contributed by atoms with Crippen molar-refractivity contribution in [2.45, 2.75) is 51.6 Å². The predicted octanol–water partition coefficient (Wildman–Crippen LogP) is 2.78. The highest BCUT2D eigenvalue weighted by atomic mass is 16.5. The summed E-state index contributed by atoms with van der Waals surface area (Å²) in [6.07, 6.45) is 3.60. The number of hydrogen-bond donors (Lipinski definition) is 2. The zero-order valence-electron chi connectivity index (χ0n) is 12.7. The first-order valence-corrected chi connectivity index (χ1v) is 7.32. The largest absolute Gasteiger partial charge is 0.497 e. The van der Waals surface area contributed by atoms with Gasteiger partial charge in [-0.1, -0.05) is 38.8 Å². The molecule has 0 fully saturated rings. The number of amides is 1. The van der Waals surface area contributed by atoms with Crippen LogP contribution in [0.5, 0.6) is 5.75 Å². The van der Waals surface area contributed by atoms with Crippen molar-refractivity contribution in [3.05, 3.63) is 29.8 Å². The minimum absolute atomic E-state index is 0.00100. The number of nitrogens with two attached hydrogens (primary N) is 1. The maximum atomic E-state index is 12.1. The van der Waals surface area contributed by atoms with Gasteiger partial charge in [0.05, 0.1) is 19.2 Å². The summed E-state index contributed by atoms with van der Waals surface area (Å²) in [5.74, 6) is 0.746. The molecule has 0 aliphatic carbocycles. The van der Waals surface area contributed by atoms with Gasteiger partial charge in [0, 0.05) is 0 Å². The molecule has 0 spiro atoms. The number of benzene rings is 1. The molecule has 1 aromatic carbocycles. The van der Waals surface area contributed by atoms with Crippen molar-refractivity contribution in [3.63, 3.8) is 0 Å². The van der Waals surface area contributed by atoms with E-state index >= 15 is 0 Å². The van der Waals surface area contributed by atoms with Gasteiger partial charge in [0.2, 0.25) is 5.91 Å². The summed E-state index contributed by atoms with van der Waals surface area (Å²) in [4.78, 5) is 12.1. The van der Waals surface area contributed by atoms with Crippen molar-refractivity contribution in [2.24, 2.45) is 5.73 Å². The van der Waals surface area contributed by atoms with Crippen molar-refractivity contribution in [1.82, 2.24) is 5.32 Å². The minimum atomic E-state index is -0.415. The normalized spacial score (nSPS) is 13.6. The smallest absolute Gasteiger partial charge is 0.237 e. The molecule has 0 heterocycles. The lowest BCUT2D eigenvalue weighted by atomic mass is 10.0. The summed E-state index contributed by atoms with van der Waals surface area (Å²) in [7, 11) is 1.64. The Labute approximate surface area is 121 Å². The molecule has 0 aliphatic heterocycles. The van der Waals surface area contributed by atoms with Gasteiger partial charge in [-0.05, 0) is 30.5 Å². The first-order valence-electron chi connectivity index (χ1n) is 7.32. The summed E-state index contributed by atoms with van der Waals surface area (Å²) in [6.45, 7) is 4.14. The first-order chi connectivity index (χ1) is 9.62. The lowest BCUT2D eigenvalue weighted by Gasteiger charge is -2.20. The number of unbranched alkanes of at least 4 members (excludes halogenated alkanes) is 1. The Balaban J connectivity index is 2.63. The van der Waals surface area contributed by atoms with Gasteiger partial charge in [0.1, 0.15) is 5.75 Å². The van der Waals surface area contributed by atoms with Crippen LogP contribution in [0, 0.1) is 0 Å². The fraction of sp³-hybridized carbons (Fsp3) is 0.562. The van der Waals surface area contributed by atoms with Crippen LogP contribution in [-0.2, 0) is 4.79 Å². The summed E-state index contributed by atoms with van der Waals surface area (Å²) in [6, 6.07) is 7.35. The molecule has 2 atom stereocenters. The average molecular weight is 278 g/mol. The molecule has 4 heteroatoms. The number of carbonyl (C=O) groups is 1. The van der Waals surface area contributed by atoms with E-state index in [-0.39, 0.29) is 11.9 Å². The van der Waals surface area contributed by atoms with Crippen molar-refractivity contribution < 1.29 is 9.53 Å². The van der Waals surface area contributed by atoms with Crippen LogP contribution < -0.4 is 15.8 Å². The highest BCUT2D eigenvalue weighted by Crippen LogP contribution is 2.20. The molecular formula is C16H26N2O2. The van der Waals surface area contributed by atoms with Gasteiger partial charge in [-0.2, -0.15) is 0 Å². The van der Waals surface area contributed by atoms with Crippen LogP contribution in [0.3, 0.4) is 0 Å². The van der Waals surface area contributed by atoms with Crippen LogP contribution in [0.4, 0.5) is 0 Å². The van der Waals surface area contributed by atoms with Crippen molar-refractivity contribution in [1.29, 1.82) is 0 Å². The van der Waals surface area contributed by atoms with Crippen molar-refractivity contribution in [3.8, 4) is 5.75 Å². The molecule has 0 aliphatic rings. The molecule has 1 aromatic rings. The summed E-state index contributed by atoms with van der Waals surface area (Å²) in [5.41, 5.74) is 6.97. The first kappa shape index (κ1) is 16.5. The molecule has 0 aromatic heterocycles. The van der Waals surface area contributed by atoms with Gasteiger partial charge in [0.25, 0.3) is 0 Å². The third-order valence-corrected chi connectivity index (χ3v) is 3.45. The Kier molecular flexibility index (Phi) is 7.09. The second kappa shape index (κ2) is 8.59. The van der Waals surface area contributed by atoms with E-state index in [1.165, 1.54) is 0 Å². The molecule has 4 nitrogen and oxygen atoms in total. The molecular weight excluding hydrogens is 252 g/mol. The van der Waals surface area contributed by atoms with E-state index in [2.05, 4.69) is 12.2 Å². The number of carbonyl (C=O) groups excluding carboxylic acids is 1. The zero-order chi connectivity index (χ0) is 15.0. The Hall–Kier alpha value is -1.55.